The second kappa shape index (κ2) is 4.54. The first-order valence-corrected chi connectivity index (χ1v) is 4.20. The molecule has 13 heavy (non-hydrogen) atoms. The van der Waals surface area contributed by atoms with Gasteiger partial charge in [0.1, 0.15) is 5.76 Å². The predicted molar refractivity (Wildman–Crippen MR) is 47.3 cm³/mol. The van der Waals surface area contributed by atoms with E-state index in [0.717, 1.165) is 0 Å². The van der Waals surface area contributed by atoms with Crippen molar-refractivity contribution < 1.29 is 13.9 Å². The molecule has 0 bridgehead atoms. The number of carbonyl (C=O) groups excluding carboxylic acids is 1. The first-order chi connectivity index (χ1) is 6.24. The summed E-state index contributed by atoms with van der Waals surface area (Å²) in [6.45, 7) is 3.96. The van der Waals surface area contributed by atoms with E-state index < -0.39 is 6.09 Å². The van der Waals surface area contributed by atoms with Crippen molar-refractivity contribution in [1.29, 1.82) is 0 Å². The van der Waals surface area contributed by atoms with Crippen molar-refractivity contribution in [2.45, 2.75) is 19.9 Å². The van der Waals surface area contributed by atoms with Crippen LogP contribution in [0.4, 0.5) is 4.79 Å². The minimum atomic E-state index is -0.425. The number of ether oxygens (including phenoxy) is 1. The van der Waals surface area contributed by atoms with Crippen molar-refractivity contribution in [2.75, 3.05) is 6.61 Å². The number of hydrogen-bond donors (Lipinski definition) is 1. The molecule has 1 heterocycles. The molecule has 1 atom stereocenters. The van der Waals surface area contributed by atoms with Crippen LogP contribution in [0.2, 0.25) is 0 Å². The Labute approximate surface area is 76.9 Å². The zero-order valence-corrected chi connectivity index (χ0v) is 7.74. The van der Waals surface area contributed by atoms with E-state index in [0.29, 0.717) is 12.4 Å². The molecule has 1 amide bonds. The molecule has 0 spiro atoms. The van der Waals surface area contributed by atoms with Crippen molar-refractivity contribution in [3.63, 3.8) is 0 Å². The molecule has 1 N–H and O–H groups in total. The minimum absolute atomic E-state index is 0.158. The van der Waals surface area contributed by atoms with E-state index in [1.165, 1.54) is 0 Å². The van der Waals surface area contributed by atoms with Gasteiger partial charge in [0.25, 0.3) is 0 Å². The molecule has 0 aliphatic heterocycles. The van der Waals surface area contributed by atoms with Crippen LogP contribution < -0.4 is 5.32 Å². The average Bonchev–Trinajstić information content (AvgIpc) is 2.55. The molecule has 0 saturated heterocycles. The third-order valence-electron chi connectivity index (χ3n) is 1.58. The van der Waals surface area contributed by atoms with Gasteiger partial charge < -0.3 is 14.5 Å². The van der Waals surface area contributed by atoms with Gasteiger partial charge in [0.15, 0.2) is 0 Å². The quantitative estimate of drug-likeness (QED) is 0.780. The molecule has 0 radical (unpaired) electrons. The lowest BCUT2D eigenvalue weighted by Crippen LogP contribution is -2.26. The van der Waals surface area contributed by atoms with Crippen LogP contribution in [0.3, 0.4) is 0 Å². The molecule has 1 unspecified atom stereocenters. The molecule has 0 aliphatic rings. The number of hydrogen-bond acceptors (Lipinski definition) is 3. The zero-order valence-electron chi connectivity index (χ0n) is 7.74. The molecule has 0 saturated carbocycles. The summed E-state index contributed by atoms with van der Waals surface area (Å²) in [7, 11) is 0. The van der Waals surface area contributed by atoms with Crippen LogP contribution in [0.5, 0.6) is 0 Å². The fraction of sp³-hybridized carbons (Fsp3) is 0.444. The van der Waals surface area contributed by atoms with Gasteiger partial charge in [-0.1, -0.05) is 0 Å². The van der Waals surface area contributed by atoms with E-state index in [1.54, 1.807) is 25.3 Å². The van der Waals surface area contributed by atoms with E-state index in [9.17, 15) is 4.79 Å². The molecule has 0 fully saturated rings. The SMILES string of the molecule is CCOC(=O)NC(C)c1ccco1. The van der Waals surface area contributed by atoms with E-state index in [-0.39, 0.29) is 6.04 Å². The smallest absolute Gasteiger partial charge is 0.407 e. The number of rotatable bonds is 3. The molecule has 1 rings (SSSR count). The Bertz CT molecular complexity index is 256. The molecule has 1 aromatic rings. The average molecular weight is 183 g/mol. The first kappa shape index (κ1) is 9.64. The van der Waals surface area contributed by atoms with Crippen LogP contribution >= 0.6 is 0 Å². The molecule has 4 heteroatoms. The third kappa shape index (κ3) is 2.82. The fourth-order valence-electron chi connectivity index (χ4n) is 0.958. The van der Waals surface area contributed by atoms with Gasteiger partial charge in [0.05, 0.1) is 18.9 Å². The van der Waals surface area contributed by atoms with Gasteiger partial charge >= 0.3 is 6.09 Å². The van der Waals surface area contributed by atoms with Gasteiger partial charge in [0.2, 0.25) is 0 Å². The molecular weight excluding hydrogens is 170 g/mol. The summed E-state index contributed by atoms with van der Waals surface area (Å²) in [6.07, 6.45) is 1.14. The summed E-state index contributed by atoms with van der Waals surface area (Å²) in [5.41, 5.74) is 0. The topological polar surface area (TPSA) is 51.5 Å². The predicted octanol–water partition coefficient (Wildman–Crippen LogP) is 2.09. The summed E-state index contributed by atoms with van der Waals surface area (Å²) in [5.74, 6) is 0.716. The standard InChI is InChI=1S/C9H13NO3/c1-3-12-9(11)10-7(2)8-5-4-6-13-8/h4-7H,3H2,1-2H3,(H,10,11). The summed E-state index contributed by atoms with van der Waals surface area (Å²) in [4.78, 5) is 11.0. The van der Waals surface area contributed by atoms with E-state index in [4.69, 9.17) is 9.15 Å². The Kier molecular flexibility index (Phi) is 3.37. The van der Waals surface area contributed by atoms with Gasteiger partial charge in [-0.05, 0) is 26.0 Å². The van der Waals surface area contributed by atoms with Gasteiger partial charge in [0, 0.05) is 0 Å². The maximum Gasteiger partial charge on any atom is 0.407 e. The Morgan fingerprint density at radius 1 is 1.77 bits per heavy atom. The molecule has 72 valence electrons. The first-order valence-electron chi connectivity index (χ1n) is 4.20. The van der Waals surface area contributed by atoms with Gasteiger partial charge in [-0.3, -0.25) is 0 Å². The third-order valence-corrected chi connectivity index (χ3v) is 1.58. The maximum absolute atomic E-state index is 11.0. The lowest BCUT2D eigenvalue weighted by molar-refractivity contribution is 0.147. The summed E-state index contributed by atoms with van der Waals surface area (Å²) in [6, 6.07) is 3.42. The lowest BCUT2D eigenvalue weighted by atomic mass is 10.3. The van der Waals surface area contributed by atoms with Gasteiger partial charge in [-0.25, -0.2) is 4.79 Å². The number of nitrogens with one attached hydrogen (secondary N) is 1. The lowest BCUT2D eigenvalue weighted by Gasteiger charge is -2.10. The van der Waals surface area contributed by atoms with Crippen molar-refractivity contribution in [3.05, 3.63) is 24.2 Å². The van der Waals surface area contributed by atoms with Crippen molar-refractivity contribution >= 4 is 6.09 Å². The Hall–Kier alpha value is -1.45. The number of furan rings is 1. The fourth-order valence-corrected chi connectivity index (χ4v) is 0.958. The highest BCUT2D eigenvalue weighted by molar-refractivity contribution is 5.67. The van der Waals surface area contributed by atoms with Crippen LogP contribution in [-0.4, -0.2) is 12.7 Å². The van der Waals surface area contributed by atoms with Crippen molar-refractivity contribution in [3.8, 4) is 0 Å². The summed E-state index contributed by atoms with van der Waals surface area (Å²) in [5, 5.41) is 2.63. The van der Waals surface area contributed by atoms with Crippen LogP contribution in [0.1, 0.15) is 25.6 Å². The normalized spacial score (nSPS) is 12.2. The highest BCUT2D eigenvalue weighted by Crippen LogP contribution is 2.11. The summed E-state index contributed by atoms with van der Waals surface area (Å²) >= 11 is 0. The molecule has 1 aromatic heterocycles. The van der Waals surface area contributed by atoms with Crippen molar-refractivity contribution in [2.24, 2.45) is 0 Å². The second-order valence-electron chi connectivity index (χ2n) is 2.60. The minimum Gasteiger partial charge on any atom is -0.467 e. The second-order valence-corrected chi connectivity index (χ2v) is 2.60. The van der Waals surface area contributed by atoms with Crippen LogP contribution in [0, 0.1) is 0 Å². The largest absolute Gasteiger partial charge is 0.467 e. The summed E-state index contributed by atoms with van der Waals surface area (Å²) < 4.78 is 9.82. The Morgan fingerprint density at radius 3 is 3.08 bits per heavy atom. The highest BCUT2D eigenvalue weighted by Gasteiger charge is 2.11. The Morgan fingerprint density at radius 2 is 2.54 bits per heavy atom. The van der Waals surface area contributed by atoms with Crippen molar-refractivity contribution in [1.82, 2.24) is 5.32 Å². The number of carbonyl (C=O) groups is 1. The van der Waals surface area contributed by atoms with Crippen LogP contribution in [-0.2, 0) is 4.74 Å². The van der Waals surface area contributed by atoms with E-state index in [2.05, 4.69) is 5.32 Å². The molecule has 0 aliphatic carbocycles. The zero-order chi connectivity index (χ0) is 9.68. The van der Waals surface area contributed by atoms with E-state index in [1.807, 2.05) is 6.92 Å². The molecule has 0 aromatic carbocycles. The van der Waals surface area contributed by atoms with Crippen LogP contribution in [0.15, 0.2) is 22.8 Å². The number of alkyl carbamates (subject to hydrolysis) is 1. The van der Waals surface area contributed by atoms with Gasteiger partial charge in [-0.15, -0.1) is 0 Å². The van der Waals surface area contributed by atoms with Gasteiger partial charge in [-0.2, -0.15) is 0 Å². The number of amides is 1. The maximum atomic E-state index is 11.0. The van der Waals surface area contributed by atoms with E-state index >= 15 is 0 Å². The monoisotopic (exact) mass is 183 g/mol. The Balaban J connectivity index is 2.42. The van der Waals surface area contributed by atoms with Crippen LogP contribution in [0.25, 0.3) is 0 Å². The molecular formula is C9H13NO3. The molecule has 4 nitrogen and oxygen atoms in total. The highest BCUT2D eigenvalue weighted by atomic mass is 16.5.